The maximum Gasteiger partial charge on any atom is 0.223 e. The van der Waals surface area contributed by atoms with Crippen molar-refractivity contribution < 1.29 is 9.90 Å². The number of aliphatic hydroxyl groups excluding tert-OH is 1. The summed E-state index contributed by atoms with van der Waals surface area (Å²) < 4.78 is 0. The predicted octanol–water partition coefficient (Wildman–Crippen LogP) is 2.74. The van der Waals surface area contributed by atoms with Crippen molar-refractivity contribution in [1.29, 1.82) is 0 Å². The van der Waals surface area contributed by atoms with Gasteiger partial charge in [-0.1, -0.05) is 37.3 Å². The number of carbonyl (C=O) groups is 1. The zero-order valence-electron chi connectivity index (χ0n) is 16.5. The quantitative estimate of drug-likeness (QED) is 0.656. The van der Waals surface area contributed by atoms with Crippen molar-refractivity contribution in [3.63, 3.8) is 0 Å². The number of hydrogen-bond acceptors (Lipinski definition) is 4. The molecule has 0 radical (unpaired) electrons. The molecule has 1 saturated heterocycles. The summed E-state index contributed by atoms with van der Waals surface area (Å²) in [6.07, 6.45) is 4.24. The molecule has 1 amide bonds. The van der Waals surface area contributed by atoms with Crippen LogP contribution in [0.1, 0.15) is 61.7 Å². The van der Waals surface area contributed by atoms with Gasteiger partial charge >= 0.3 is 0 Å². The first-order valence-corrected chi connectivity index (χ1v) is 10.4. The van der Waals surface area contributed by atoms with E-state index in [4.69, 9.17) is 0 Å². The number of amides is 1. The molecule has 6 nitrogen and oxygen atoms in total. The third kappa shape index (κ3) is 4.62. The summed E-state index contributed by atoms with van der Waals surface area (Å²) in [4.78, 5) is 13.9. The van der Waals surface area contributed by atoms with E-state index in [0.29, 0.717) is 12.5 Å². The van der Waals surface area contributed by atoms with Gasteiger partial charge in [0.05, 0.1) is 11.4 Å². The van der Waals surface area contributed by atoms with Crippen LogP contribution in [0.3, 0.4) is 0 Å². The van der Waals surface area contributed by atoms with Crippen molar-refractivity contribution in [3.05, 3.63) is 53.3 Å². The predicted molar refractivity (Wildman–Crippen MR) is 108 cm³/mol. The SMILES string of the molecule is CC(CCc1ccccc1)c1cc(C(O)N2CCC(NC(=O)C3CC3)C2)[nH]n1. The number of H-pyrrole nitrogens is 1. The second kappa shape index (κ2) is 8.45. The highest BCUT2D eigenvalue weighted by atomic mass is 16.3. The van der Waals surface area contributed by atoms with Crippen LogP contribution in [-0.4, -0.2) is 45.2 Å². The van der Waals surface area contributed by atoms with Crippen LogP contribution in [0.2, 0.25) is 0 Å². The zero-order valence-corrected chi connectivity index (χ0v) is 16.5. The molecule has 0 bridgehead atoms. The Morgan fingerprint density at radius 2 is 2.11 bits per heavy atom. The van der Waals surface area contributed by atoms with E-state index < -0.39 is 6.23 Å². The van der Waals surface area contributed by atoms with E-state index in [1.165, 1.54) is 5.56 Å². The molecule has 1 saturated carbocycles. The Labute approximate surface area is 166 Å². The lowest BCUT2D eigenvalue weighted by Crippen LogP contribution is -2.38. The van der Waals surface area contributed by atoms with Crippen LogP contribution in [0.15, 0.2) is 36.4 Å². The van der Waals surface area contributed by atoms with Gasteiger partial charge in [-0.05, 0) is 43.7 Å². The number of aryl methyl sites for hydroxylation is 1. The molecule has 1 aromatic carbocycles. The van der Waals surface area contributed by atoms with Crippen molar-refractivity contribution in [3.8, 4) is 0 Å². The minimum Gasteiger partial charge on any atom is -0.372 e. The Hall–Kier alpha value is -2.18. The fourth-order valence-electron chi connectivity index (χ4n) is 3.90. The Balaban J connectivity index is 1.28. The molecule has 1 aliphatic heterocycles. The zero-order chi connectivity index (χ0) is 19.5. The maximum atomic E-state index is 11.9. The van der Waals surface area contributed by atoms with Crippen molar-refractivity contribution in [1.82, 2.24) is 20.4 Å². The minimum absolute atomic E-state index is 0.134. The third-order valence-corrected chi connectivity index (χ3v) is 5.97. The van der Waals surface area contributed by atoms with Gasteiger partial charge < -0.3 is 10.4 Å². The molecule has 2 aromatic rings. The molecule has 3 atom stereocenters. The average Bonchev–Trinajstić information content (AvgIpc) is 3.27. The van der Waals surface area contributed by atoms with Gasteiger partial charge in [0.2, 0.25) is 5.91 Å². The van der Waals surface area contributed by atoms with Crippen molar-refractivity contribution in [2.45, 2.75) is 57.2 Å². The molecule has 28 heavy (non-hydrogen) atoms. The highest BCUT2D eigenvalue weighted by Gasteiger charge is 2.34. The summed E-state index contributed by atoms with van der Waals surface area (Å²) in [5, 5.41) is 21.3. The fraction of sp³-hybridized carbons (Fsp3) is 0.545. The van der Waals surface area contributed by atoms with E-state index >= 15 is 0 Å². The lowest BCUT2D eigenvalue weighted by Gasteiger charge is -2.22. The van der Waals surface area contributed by atoms with Gasteiger partial charge in [0.15, 0.2) is 0 Å². The van der Waals surface area contributed by atoms with Crippen LogP contribution in [0.4, 0.5) is 0 Å². The number of nitrogens with zero attached hydrogens (tertiary/aromatic N) is 2. The Morgan fingerprint density at radius 3 is 2.86 bits per heavy atom. The van der Waals surface area contributed by atoms with Crippen molar-refractivity contribution in [2.75, 3.05) is 13.1 Å². The van der Waals surface area contributed by atoms with Gasteiger partial charge in [-0.2, -0.15) is 5.10 Å². The highest BCUT2D eigenvalue weighted by Crippen LogP contribution is 2.30. The summed E-state index contributed by atoms with van der Waals surface area (Å²) in [6, 6.07) is 12.6. The number of benzene rings is 1. The Bertz CT molecular complexity index is 787. The Morgan fingerprint density at radius 1 is 1.32 bits per heavy atom. The van der Waals surface area contributed by atoms with Gasteiger partial charge in [-0.25, -0.2) is 0 Å². The summed E-state index contributed by atoms with van der Waals surface area (Å²) in [5.74, 6) is 0.727. The lowest BCUT2D eigenvalue weighted by atomic mass is 9.98. The van der Waals surface area contributed by atoms with E-state index in [1.807, 2.05) is 17.0 Å². The maximum absolute atomic E-state index is 11.9. The van der Waals surface area contributed by atoms with Crippen LogP contribution in [0, 0.1) is 5.92 Å². The monoisotopic (exact) mass is 382 g/mol. The fourth-order valence-corrected chi connectivity index (χ4v) is 3.90. The highest BCUT2D eigenvalue weighted by molar-refractivity contribution is 5.81. The van der Waals surface area contributed by atoms with Gasteiger partial charge in [-0.3, -0.25) is 14.8 Å². The number of carbonyl (C=O) groups excluding carboxylic acids is 1. The van der Waals surface area contributed by atoms with E-state index in [-0.39, 0.29) is 17.9 Å². The largest absolute Gasteiger partial charge is 0.372 e. The summed E-state index contributed by atoms with van der Waals surface area (Å²) in [5.41, 5.74) is 3.06. The molecule has 2 aliphatic rings. The van der Waals surface area contributed by atoms with E-state index in [1.54, 1.807) is 0 Å². The first-order valence-electron chi connectivity index (χ1n) is 10.4. The number of aromatic amines is 1. The molecule has 150 valence electrons. The van der Waals surface area contributed by atoms with Gasteiger partial charge in [0.1, 0.15) is 6.23 Å². The first kappa shape index (κ1) is 19.2. The number of likely N-dealkylation sites (tertiary alicyclic amines) is 1. The molecular weight excluding hydrogens is 352 g/mol. The molecule has 2 heterocycles. The number of aliphatic hydroxyl groups is 1. The molecule has 1 aliphatic carbocycles. The topological polar surface area (TPSA) is 81.2 Å². The molecule has 3 N–H and O–H groups in total. The van der Waals surface area contributed by atoms with Crippen LogP contribution < -0.4 is 5.32 Å². The molecule has 6 heteroatoms. The van der Waals surface area contributed by atoms with Gasteiger partial charge in [0.25, 0.3) is 0 Å². The van der Waals surface area contributed by atoms with Crippen LogP contribution in [0.25, 0.3) is 0 Å². The van der Waals surface area contributed by atoms with Crippen molar-refractivity contribution in [2.24, 2.45) is 5.92 Å². The van der Waals surface area contributed by atoms with Gasteiger partial charge in [0, 0.05) is 31.0 Å². The summed E-state index contributed by atoms with van der Waals surface area (Å²) in [7, 11) is 0. The van der Waals surface area contributed by atoms with Crippen molar-refractivity contribution >= 4 is 5.91 Å². The minimum atomic E-state index is -0.703. The molecular formula is C22H30N4O2. The molecule has 3 unspecified atom stereocenters. The first-order chi connectivity index (χ1) is 13.6. The van der Waals surface area contributed by atoms with Gasteiger partial charge in [-0.15, -0.1) is 0 Å². The second-order valence-electron chi connectivity index (χ2n) is 8.31. The number of aromatic nitrogens is 2. The lowest BCUT2D eigenvalue weighted by molar-refractivity contribution is -0.123. The van der Waals surface area contributed by atoms with Crippen LogP contribution in [0.5, 0.6) is 0 Å². The van der Waals surface area contributed by atoms with Crippen LogP contribution in [-0.2, 0) is 11.2 Å². The summed E-state index contributed by atoms with van der Waals surface area (Å²) >= 11 is 0. The number of hydrogen-bond donors (Lipinski definition) is 3. The number of nitrogens with one attached hydrogen (secondary N) is 2. The second-order valence-corrected chi connectivity index (χ2v) is 8.31. The molecule has 0 spiro atoms. The summed E-state index contributed by atoms with van der Waals surface area (Å²) in [6.45, 7) is 3.63. The van der Waals surface area contributed by atoms with Crippen LogP contribution >= 0.6 is 0 Å². The Kier molecular flexibility index (Phi) is 5.78. The number of rotatable bonds is 8. The standard InChI is InChI=1S/C22H30N4O2/c1-15(7-8-16-5-3-2-4-6-16)19-13-20(25-24-19)22(28)26-12-11-18(14-26)23-21(27)17-9-10-17/h2-6,13,15,17-18,22,28H,7-12,14H2,1H3,(H,23,27)(H,24,25). The van der Waals surface area contributed by atoms with E-state index in [2.05, 4.69) is 46.7 Å². The normalized spacial score (nSPS) is 22.1. The van der Waals surface area contributed by atoms with E-state index in [0.717, 1.165) is 50.0 Å². The van der Waals surface area contributed by atoms with E-state index in [9.17, 15) is 9.90 Å². The third-order valence-electron chi connectivity index (χ3n) is 5.97. The average molecular weight is 383 g/mol. The molecule has 4 rings (SSSR count). The molecule has 2 fully saturated rings. The molecule has 1 aromatic heterocycles. The smallest absolute Gasteiger partial charge is 0.223 e.